The molecule has 0 aromatic rings. The first-order valence-corrected chi connectivity index (χ1v) is 6.23. The van der Waals surface area contributed by atoms with Crippen molar-refractivity contribution in [2.45, 2.75) is 25.0 Å². The van der Waals surface area contributed by atoms with E-state index in [1.807, 2.05) is 0 Å². The van der Waals surface area contributed by atoms with E-state index in [2.05, 4.69) is 10.5 Å². The predicted molar refractivity (Wildman–Crippen MR) is 64.1 cm³/mol. The molecule has 8 nitrogen and oxygen atoms in total. The van der Waals surface area contributed by atoms with Gasteiger partial charge in [0.15, 0.2) is 5.71 Å². The Morgan fingerprint density at radius 1 is 1.20 bits per heavy atom. The van der Waals surface area contributed by atoms with E-state index in [-0.39, 0.29) is 23.6 Å². The number of rotatable bonds is 2. The lowest BCUT2D eigenvalue weighted by atomic mass is 9.75. The van der Waals surface area contributed by atoms with Gasteiger partial charge in [-0.15, -0.1) is 0 Å². The van der Waals surface area contributed by atoms with Crippen LogP contribution in [0.25, 0.3) is 0 Å². The van der Waals surface area contributed by atoms with Gasteiger partial charge in [0.1, 0.15) is 17.9 Å². The molecular weight excluding hydrogens is 268 g/mol. The van der Waals surface area contributed by atoms with E-state index in [9.17, 15) is 9.59 Å². The van der Waals surface area contributed by atoms with Gasteiger partial charge in [-0.1, -0.05) is 0 Å². The van der Waals surface area contributed by atoms with Crippen molar-refractivity contribution in [1.29, 1.82) is 0 Å². The predicted octanol–water partition coefficient (Wildman–Crippen LogP) is -0.345. The number of methoxy groups -OCH3 is 2. The second-order valence-electron chi connectivity index (χ2n) is 4.70. The van der Waals surface area contributed by atoms with Gasteiger partial charge in [-0.25, -0.2) is 19.4 Å². The van der Waals surface area contributed by atoms with E-state index in [4.69, 9.17) is 19.2 Å². The smallest absolute Gasteiger partial charge is 0.356 e. The third kappa shape index (κ3) is 1.80. The third-order valence-corrected chi connectivity index (χ3v) is 3.72. The summed E-state index contributed by atoms with van der Waals surface area (Å²) >= 11 is 0. The van der Waals surface area contributed by atoms with Gasteiger partial charge in [0.05, 0.1) is 20.1 Å². The Kier molecular flexibility index (Phi) is 3.19. The van der Waals surface area contributed by atoms with Gasteiger partial charge in [0, 0.05) is 5.57 Å². The Morgan fingerprint density at radius 2 is 1.95 bits per heavy atom. The van der Waals surface area contributed by atoms with Crippen molar-refractivity contribution in [2.24, 2.45) is 11.0 Å². The summed E-state index contributed by atoms with van der Waals surface area (Å²) in [4.78, 5) is 34.1. The molecule has 2 saturated heterocycles. The molecule has 3 aliphatic heterocycles. The molecule has 0 radical (unpaired) electrons. The average Bonchev–Trinajstić information content (AvgIpc) is 2.53. The van der Waals surface area contributed by atoms with Crippen LogP contribution in [-0.4, -0.2) is 44.1 Å². The second-order valence-corrected chi connectivity index (χ2v) is 4.70. The van der Waals surface area contributed by atoms with E-state index in [1.165, 1.54) is 14.2 Å². The lowest BCUT2D eigenvalue weighted by molar-refractivity contribution is -0.388. The number of esters is 2. The summed E-state index contributed by atoms with van der Waals surface area (Å²) in [5.41, 5.74) is 3.62. The molecule has 1 N–H and O–H groups in total. The molecule has 108 valence electrons. The van der Waals surface area contributed by atoms with E-state index in [1.54, 1.807) is 0 Å². The first-order chi connectivity index (χ1) is 9.67. The van der Waals surface area contributed by atoms with Gasteiger partial charge in [-0.3, -0.25) is 5.43 Å². The highest BCUT2D eigenvalue weighted by molar-refractivity contribution is 6.38. The standard InChI is InChI=1S/C12H14N2O6/c1-17-11(15)9-7-5-3-4-6(20-19-5)8(7)10(14-13-9)12(16)18-2/h5-7,14H,3-4H2,1-2H3/t5-,6+,7?/m1/s1. The maximum Gasteiger partial charge on any atom is 0.356 e. The number of carbonyl (C=O) groups is 2. The van der Waals surface area contributed by atoms with Crippen LogP contribution in [0, 0.1) is 5.92 Å². The summed E-state index contributed by atoms with van der Waals surface area (Å²) in [5, 5.41) is 3.95. The number of hydrazone groups is 1. The van der Waals surface area contributed by atoms with Gasteiger partial charge in [-0.05, 0) is 12.8 Å². The van der Waals surface area contributed by atoms with Crippen molar-refractivity contribution in [1.82, 2.24) is 5.43 Å². The third-order valence-electron chi connectivity index (χ3n) is 3.72. The molecule has 0 aromatic carbocycles. The maximum absolute atomic E-state index is 11.8. The van der Waals surface area contributed by atoms with Gasteiger partial charge in [-0.2, -0.15) is 5.10 Å². The summed E-state index contributed by atoms with van der Waals surface area (Å²) in [5.74, 6) is -1.54. The van der Waals surface area contributed by atoms with Crippen LogP contribution in [-0.2, 0) is 28.8 Å². The van der Waals surface area contributed by atoms with Crippen molar-refractivity contribution in [2.75, 3.05) is 14.2 Å². The SMILES string of the molecule is COC(=O)C1=NNC(C(=O)OC)=C2C1[C@H]1CC[C@@H]2OO1. The molecule has 3 fully saturated rings. The van der Waals surface area contributed by atoms with E-state index >= 15 is 0 Å². The van der Waals surface area contributed by atoms with Crippen LogP contribution >= 0.6 is 0 Å². The van der Waals surface area contributed by atoms with Crippen molar-refractivity contribution in [3.05, 3.63) is 11.3 Å². The van der Waals surface area contributed by atoms with Crippen LogP contribution in [0.4, 0.5) is 0 Å². The molecule has 8 heteroatoms. The highest BCUT2D eigenvalue weighted by Crippen LogP contribution is 2.42. The summed E-state index contributed by atoms with van der Waals surface area (Å²) < 4.78 is 9.45. The van der Waals surface area contributed by atoms with Crippen LogP contribution < -0.4 is 5.43 Å². The maximum atomic E-state index is 11.8. The molecule has 2 bridgehead atoms. The molecule has 1 saturated carbocycles. The van der Waals surface area contributed by atoms with Gasteiger partial charge < -0.3 is 9.47 Å². The van der Waals surface area contributed by atoms with Crippen LogP contribution in [0.1, 0.15) is 12.8 Å². The molecular formula is C12H14N2O6. The average molecular weight is 282 g/mol. The zero-order chi connectivity index (χ0) is 14.3. The molecule has 1 aliphatic carbocycles. The zero-order valence-electron chi connectivity index (χ0n) is 11.0. The minimum atomic E-state index is -0.555. The van der Waals surface area contributed by atoms with E-state index in [0.717, 1.165) is 6.42 Å². The summed E-state index contributed by atoms with van der Waals surface area (Å²) in [6.45, 7) is 0. The topological polar surface area (TPSA) is 95.5 Å². The molecule has 0 amide bonds. The molecule has 1 unspecified atom stereocenters. The van der Waals surface area contributed by atoms with E-state index in [0.29, 0.717) is 12.0 Å². The Bertz CT molecular complexity index is 518. The molecule has 0 aromatic heterocycles. The minimum absolute atomic E-state index is 0.188. The van der Waals surface area contributed by atoms with Crippen molar-refractivity contribution in [3.63, 3.8) is 0 Å². The molecule has 4 rings (SSSR count). The molecule has 20 heavy (non-hydrogen) atoms. The van der Waals surface area contributed by atoms with Crippen LogP contribution in [0.5, 0.6) is 0 Å². The lowest BCUT2D eigenvalue weighted by Crippen LogP contribution is -2.53. The Balaban J connectivity index is 2.04. The van der Waals surface area contributed by atoms with E-state index < -0.39 is 17.9 Å². The number of fused-ring (bicyclic) bond motifs is 2. The molecule has 3 heterocycles. The quantitative estimate of drug-likeness (QED) is 0.546. The van der Waals surface area contributed by atoms with Gasteiger partial charge in [0.2, 0.25) is 0 Å². The Hall–Kier alpha value is -1.93. The summed E-state index contributed by atoms with van der Waals surface area (Å²) in [7, 11) is 2.56. The normalized spacial score (nSPS) is 31.1. The van der Waals surface area contributed by atoms with Gasteiger partial charge in [0.25, 0.3) is 0 Å². The zero-order valence-corrected chi connectivity index (χ0v) is 11.0. The minimum Gasteiger partial charge on any atom is -0.464 e. The van der Waals surface area contributed by atoms with Crippen molar-refractivity contribution in [3.8, 4) is 0 Å². The van der Waals surface area contributed by atoms with Crippen LogP contribution in [0.15, 0.2) is 16.4 Å². The fraction of sp³-hybridized carbons (Fsp3) is 0.583. The van der Waals surface area contributed by atoms with Crippen LogP contribution in [0.2, 0.25) is 0 Å². The second kappa shape index (κ2) is 4.88. The number of nitrogens with one attached hydrogen (secondary N) is 1. The van der Waals surface area contributed by atoms with Crippen molar-refractivity contribution >= 4 is 17.7 Å². The highest BCUT2D eigenvalue weighted by atomic mass is 17.2. The highest BCUT2D eigenvalue weighted by Gasteiger charge is 2.51. The summed E-state index contributed by atoms with van der Waals surface area (Å²) in [6, 6.07) is 0. The monoisotopic (exact) mass is 282 g/mol. The largest absolute Gasteiger partial charge is 0.464 e. The fourth-order valence-electron chi connectivity index (χ4n) is 2.81. The summed E-state index contributed by atoms with van der Waals surface area (Å²) in [6.07, 6.45) is 0.701. The number of hydrogen-bond acceptors (Lipinski definition) is 8. The number of carbonyl (C=O) groups excluding carboxylic acids is 2. The first kappa shape index (κ1) is 13.1. The molecule has 0 spiro atoms. The number of nitrogens with zero attached hydrogens (tertiary/aromatic N) is 1. The lowest BCUT2D eigenvalue weighted by Gasteiger charge is -2.44. The molecule has 4 aliphatic rings. The number of ether oxygens (including phenoxy) is 2. The van der Waals surface area contributed by atoms with Gasteiger partial charge >= 0.3 is 11.9 Å². The van der Waals surface area contributed by atoms with Crippen LogP contribution in [0.3, 0.4) is 0 Å². The number of hydrogen-bond donors (Lipinski definition) is 1. The van der Waals surface area contributed by atoms with Crippen molar-refractivity contribution < 1.29 is 28.8 Å². The Morgan fingerprint density at radius 3 is 2.55 bits per heavy atom. The molecule has 3 atom stereocenters. The first-order valence-electron chi connectivity index (χ1n) is 6.23. The fourth-order valence-corrected chi connectivity index (χ4v) is 2.81. The Labute approximate surface area is 114 Å².